The second-order valence-corrected chi connectivity index (χ2v) is 5.85. The highest BCUT2D eigenvalue weighted by Crippen LogP contribution is 2.20. The standard InChI is InChI=1S/C12H18BrNS/c1-10(2)14-8-3-9-15-12-6-4-11(13)5-7-12/h4-7,10,14H,3,8-9H2,1-2H3. The third-order valence-electron chi connectivity index (χ3n) is 1.96. The van der Waals surface area contributed by atoms with E-state index in [2.05, 4.69) is 59.4 Å². The minimum Gasteiger partial charge on any atom is -0.315 e. The van der Waals surface area contributed by atoms with Gasteiger partial charge in [0.05, 0.1) is 0 Å². The summed E-state index contributed by atoms with van der Waals surface area (Å²) in [6.45, 7) is 5.48. The molecular formula is C12H18BrNS. The summed E-state index contributed by atoms with van der Waals surface area (Å²) in [4.78, 5) is 1.35. The first-order chi connectivity index (χ1) is 7.18. The molecule has 0 spiro atoms. The van der Waals surface area contributed by atoms with Crippen LogP contribution in [0.2, 0.25) is 0 Å². The number of nitrogens with one attached hydrogen (secondary N) is 1. The van der Waals surface area contributed by atoms with Crippen molar-refractivity contribution in [1.29, 1.82) is 0 Å². The first kappa shape index (κ1) is 13.1. The van der Waals surface area contributed by atoms with E-state index in [0.29, 0.717) is 6.04 Å². The molecule has 1 aromatic rings. The lowest BCUT2D eigenvalue weighted by Crippen LogP contribution is -2.23. The van der Waals surface area contributed by atoms with Gasteiger partial charge in [0.1, 0.15) is 0 Å². The van der Waals surface area contributed by atoms with E-state index >= 15 is 0 Å². The van der Waals surface area contributed by atoms with E-state index < -0.39 is 0 Å². The van der Waals surface area contributed by atoms with Gasteiger partial charge < -0.3 is 5.32 Å². The van der Waals surface area contributed by atoms with Crippen LogP contribution < -0.4 is 5.32 Å². The number of rotatable bonds is 6. The predicted octanol–water partition coefficient (Wildman–Crippen LogP) is 3.93. The normalized spacial score (nSPS) is 10.9. The number of benzene rings is 1. The summed E-state index contributed by atoms with van der Waals surface area (Å²) in [5.74, 6) is 1.18. The van der Waals surface area contributed by atoms with Crippen molar-refractivity contribution in [2.45, 2.75) is 31.2 Å². The highest BCUT2D eigenvalue weighted by atomic mass is 79.9. The summed E-state index contributed by atoms with van der Waals surface area (Å²) in [5, 5.41) is 3.42. The van der Waals surface area contributed by atoms with Crippen molar-refractivity contribution < 1.29 is 0 Å². The van der Waals surface area contributed by atoms with E-state index in [1.54, 1.807) is 0 Å². The van der Waals surface area contributed by atoms with Crippen LogP contribution >= 0.6 is 27.7 Å². The number of halogens is 1. The van der Waals surface area contributed by atoms with Gasteiger partial charge in [-0.2, -0.15) is 0 Å². The molecule has 0 unspecified atom stereocenters. The van der Waals surface area contributed by atoms with Gasteiger partial charge in [-0.05, 0) is 43.0 Å². The van der Waals surface area contributed by atoms with Crippen molar-refractivity contribution in [2.75, 3.05) is 12.3 Å². The van der Waals surface area contributed by atoms with Crippen LogP contribution in [0.1, 0.15) is 20.3 Å². The van der Waals surface area contributed by atoms with Gasteiger partial charge in [0.2, 0.25) is 0 Å². The number of hydrogen-bond acceptors (Lipinski definition) is 2. The molecule has 1 aromatic carbocycles. The van der Waals surface area contributed by atoms with Gasteiger partial charge in [0.15, 0.2) is 0 Å². The Morgan fingerprint density at radius 3 is 2.53 bits per heavy atom. The molecule has 0 aliphatic carbocycles. The molecule has 1 N–H and O–H groups in total. The number of hydrogen-bond donors (Lipinski definition) is 1. The second-order valence-electron chi connectivity index (χ2n) is 3.76. The Morgan fingerprint density at radius 2 is 1.93 bits per heavy atom. The predicted molar refractivity (Wildman–Crippen MR) is 72.6 cm³/mol. The molecule has 0 amide bonds. The summed E-state index contributed by atoms with van der Waals surface area (Å²) < 4.78 is 1.15. The van der Waals surface area contributed by atoms with Crippen LogP contribution in [0.5, 0.6) is 0 Å². The van der Waals surface area contributed by atoms with Crippen molar-refractivity contribution in [2.24, 2.45) is 0 Å². The molecule has 0 bridgehead atoms. The molecule has 0 aliphatic rings. The second kappa shape index (κ2) is 7.31. The molecule has 0 atom stereocenters. The first-order valence-electron chi connectivity index (χ1n) is 5.30. The number of thioether (sulfide) groups is 1. The Morgan fingerprint density at radius 1 is 1.27 bits per heavy atom. The molecule has 0 fully saturated rings. The smallest absolute Gasteiger partial charge is 0.0176 e. The third kappa shape index (κ3) is 6.23. The average molecular weight is 288 g/mol. The first-order valence-corrected chi connectivity index (χ1v) is 7.08. The van der Waals surface area contributed by atoms with Gasteiger partial charge in [-0.25, -0.2) is 0 Å². The molecule has 1 rings (SSSR count). The highest BCUT2D eigenvalue weighted by Gasteiger charge is 1.95. The molecule has 0 radical (unpaired) electrons. The Hall–Kier alpha value is 0.01000. The van der Waals surface area contributed by atoms with Crippen LogP contribution in [-0.4, -0.2) is 18.3 Å². The van der Waals surface area contributed by atoms with Gasteiger partial charge in [0.25, 0.3) is 0 Å². The summed E-state index contributed by atoms with van der Waals surface area (Å²) in [6.07, 6.45) is 1.22. The lowest BCUT2D eigenvalue weighted by molar-refractivity contribution is 0.586. The lowest BCUT2D eigenvalue weighted by Gasteiger charge is -2.07. The van der Waals surface area contributed by atoms with Crippen molar-refractivity contribution in [3.05, 3.63) is 28.7 Å². The zero-order valence-corrected chi connectivity index (χ0v) is 11.7. The van der Waals surface area contributed by atoms with Gasteiger partial charge in [-0.15, -0.1) is 11.8 Å². The largest absolute Gasteiger partial charge is 0.315 e. The van der Waals surface area contributed by atoms with Crippen LogP contribution in [0.15, 0.2) is 33.6 Å². The Bertz CT molecular complexity index is 271. The van der Waals surface area contributed by atoms with Gasteiger partial charge >= 0.3 is 0 Å². The average Bonchev–Trinajstić information content (AvgIpc) is 2.20. The van der Waals surface area contributed by atoms with E-state index in [1.807, 2.05) is 11.8 Å². The fraction of sp³-hybridized carbons (Fsp3) is 0.500. The molecule has 0 heterocycles. The Labute approximate surface area is 105 Å². The minimum absolute atomic E-state index is 0.600. The van der Waals surface area contributed by atoms with Crippen molar-refractivity contribution in [3.8, 4) is 0 Å². The molecule has 0 aromatic heterocycles. The molecular weight excluding hydrogens is 270 g/mol. The maximum atomic E-state index is 3.44. The fourth-order valence-corrected chi connectivity index (χ4v) is 2.30. The van der Waals surface area contributed by atoms with Crippen molar-refractivity contribution in [3.63, 3.8) is 0 Å². The molecule has 1 nitrogen and oxygen atoms in total. The fourth-order valence-electron chi connectivity index (χ4n) is 1.18. The SMILES string of the molecule is CC(C)NCCCSc1ccc(Br)cc1. The van der Waals surface area contributed by atoms with Crippen molar-refractivity contribution in [1.82, 2.24) is 5.32 Å². The topological polar surface area (TPSA) is 12.0 Å². The van der Waals surface area contributed by atoms with Crippen molar-refractivity contribution >= 4 is 27.7 Å². The molecule has 3 heteroatoms. The minimum atomic E-state index is 0.600. The monoisotopic (exact) mass is 287 g/mol. The summed E-state index contributed by atoms with van der Waals surface area (Å²) in [7, 11) is 0. The Kier molecular flexibility index (Phi) is 6.37. The summed E-state index contributed by atoms with van der Waals surface area (Å²) in [6, 6.07) is 9.10. The van der Waals surface area contributed by atoms with Gasteiger partial charge in [0, 0.05) is 15.4 Å². The molecule has 84 valence electrons. The van der Waals surface area contributed by atoms with E-state index in [9.17, 15) is 0 Å². The van der Waals surface area contributed by atoms with E-state index in [4.69, 9.17) is 0 Å². The van der Waals surface area contributed by atoms with E-state index in [0.717, 1.165) is 11.0 Å². The maximum absolute atomic E-state index is 3.44. The maximum Gasteiger partial charge on any atom is 0.0176 e. The molecule has 0 saturated carbocycles. The molecule has 0 aliphatic heterocycles. The van der Waals surface area contributed by atoms with E-state index in [1.165, 1.54) is 17.1 Å². The highest BCUT2D eigenvalue weighted by molar-refractivity contribution is 9.10. The van der Waals surface area contributed by atoms with Gasteiger partial charge in [-0.3, -0.25) is 0 Å². The zero-order chi connectivity index (χ0) is 11.1. The van der Waals surface area contributed by atoms with Crippen LogP contribution in [0.3, 0.4) is 0 Å². The van der Waals surface area contributed by atoms with E-state index in [-0.39, 0.29) is 0 Å². The summed E-state index contributed by atoms with van der Waals surface area (Å²) in [5.41, 5.74) is 0. The van der Waals surface area contributed by atoms with Crippen LogP contribution in [0.4, 0.5) is 0 Å². The van der Waals surface area contributed by atoms with Gasteiger partial charge in [-0.1, -0.05) is 29.8 Å². The Balaban J connectivity index is 2.12. The quantitative estimate of drug-likeness (QED) is 0.629. The summed E-state index contributed by atoms with van der Waals surface area (Å²) >= 11 is 5.36. The third-order valence-corrected chi connectivity index (χ3v) is 3.58. The van der Waals surface area contributed by atoms with Crippen LogP contribution in [0.25, 0.3) is 0 Å². The molecule has 0 saturated heterocycles. The van der Waals surface area contributed by atoms with Crippen LogP contribution in [-0.2, 0) is 0 Å². The zero-order valence-electron chi connectivity index (χ0n) is 9.29. The molecule has 15 heavy (non-hydrogen) atoms. The lowest BCUT2D eigenvalue weighted by atomic mass is 10.4. The van der Waals surface area contributed by atoms with Crippen LogP contribution in [0, 0.1) is 0 Å².